The molecule has 2 fully saturated rings. The van der Waals surface area contributed by atoms with Crippen molar-refractivity contribution in [1.29, 1.82) is 0 Å². The summed E-state index contributed by atoms with van der Waals surface area (Å²) in [6.45, 7) is 9.96. The molecule has 192 valence electrons. The molecule has 1 saturated heterocycles. The smallest absolute Gasteiger partial charge is 0.230 e. The second-order valence-electron chi connectivity index (χ2n) is 10.8. The summed E-state index contributed by atoms with van der Waals surface area (Å²) < 4.78 is 0. The number of carbonyl (C=O) groups is 2. The van der Waals surface area contributed by atoms with Crippen molar-refractivity contribution in [2.75, 3.05) is 13.1 Å². The third-order valence-corrected chi connectivity index (χ3v) is 8.40. The summed E-state index contributed by atoms with van der Waals surface area (Å²) in [7, 11) is 0. The minimum Gasteiger partial charge on any atom is -0.356 e. The van der Waals surface area contributed by atoms with Crippen molar-refractivity contribution in [3.8, 4) is 0 Å². The number of amidine groups is 1. The topological polar surface area (TPSA) is 77.0 Å². The highest BCUT2D eigenvalue weighted by Crippen LogP contribution is 2.41. The second-order valence-corrected chi connectivity index (χ2v) is 12.1. The molecule has 1 aromatic rings. The van der Waals surface area contributed by atoms with Crippen molar-refractivity contribution in [1.82, 2.24) is 20.5 Å². The number of rotatable bonds is 8. The highest BCUT2D eigenvalue weighted by atomic mass is 35.5. The first-order chi connectivity index (χ1) is 16.7. The van der Waals surface area contributed by atoms with Gasteiger partial charge in [0.05, 0.1) is 5.92 Å². The van der Waals surface area contributed by atoms with Crippen LogP contribution in [0.25, 0.3) is 0 Å². The van der Waals surface area contributed by atoms with Gasteiger partial charge in [0.2, 0.25) is 11.8 Å². The largest absolute Gasteiger partial charge is 0.356 e. The van der Waals surface area contributed by atoms with Crippen molar-refractivity contribution in [2.45, 2.75) is 71.5 Å². The molecule has 2 amide bonds. The quantitative estimate of drug-likeness (QED) is 0.529. The van der Waals surface area contributed by atoms with Crippen molar-refractivity contribution < 1.29 is 9.59 Å². The van der Waals surface area contributed by atoms with Crippen LogP contribution in [0.15, 0.2) is 29.4 Å². The van der Waals surface area contributed by atoms with Crippen LogP contribution in [0.2, 0.25) is 5.02 Å². The molecule has 0 aromatic heterocycles. The normalized spacial score (nSPS) is 25.9. The lowest BCUT2D eigenvalue weighted by Crippen LogP contribution is -2.68. The number of thioether (sulfide) groups is 1. The molecule has 0 spiro atoms. The number of nitrogens with one attached hydrogen (secondary N) is 2. The maximum absolute atomic E-state index is 13.6. The maximum Gasteiger partial charge on any atom is 0.230 e. The summed E-state index contributed by atoms with van der Waals surface area (Å²) in [5.41, 5.74) is 4.42. The summed E-state index contributed by atoms with van der Waals surface area (Å²) >= 11 is 7.72. The molecule has 2 N–H and O–H groups in total. The van der Waals surface area contributed by atoms with Crippen LogP contribution in [0.1, 0.15) is 58.9 Å². The lowest BCUT2D eigenvalue weighted by atomic mass is 9.75. The van der Waals surface area contributed by atoms with E-state index in [0.29, 0.717) is 31.3 Å². The molecule has 2 aliphatic heterocycles. The highest BCUT2D eigenvalue weighted by molar-refractivity contribution is 8.13. The van der Waals surface area contributed by atoms with Gasteiger partial charge in [0, 0.05) is 35.8 Å². The number of benzene rings is 1. The van der Waals surface area contributed by atoms with Gasteiger partial charge in [0.25, 0.3) is 0 Å². The Kier molecular flexibility index (Phi) is 8.53. The number of amides is 2. The molecule has 7 nitrogen and oxygen atoms in total. The molecule has 2 heterocycles. The van der Waals surface area contributed by atoms with Crippen LogP contribution >= 0.6 is 23.4 Å². The van der Waals surface area contributed by atoms with Gasteiger partial charge >= 0.3 is 0 Å². The maximum atomic E-state index is 13.6. The first kappa shape index (κ1) is 26.1. The zero-order valence-corrected chi connectivity index (χ0v) is 22.7. The molecular formula is C26H38ClN5O2S. The molecule has 35 heavy (non-hydrogen) atoms. The van der Waals surface area contributed by atoms with Crippen LogP contribution in [0.5, 0.6) is 0 Å². The third kappa shape index (κ3) is 6.08. The Balaban J connectivity index is 1.52. The molecule has 1 aromatic carbocycles. The Morgan fingerprint density at radius 2 is 1.94 bits per heavy atom. The first-order valence-electron chi connectivity index (χ1n) is 12.8. The molecule has 1 saturated carbocycles. The molecular weight excluding hydrogens is 482 g/mol. The Bertz CT molecular complexity index is 938. The van der Waals surface area contributed by atoms with E-state index in [4.69, 9.17) is 11.6 Å². The van der Waals surface area contributed by atoms with Gasteiger partial charge in [0.15, 0.2) is 11.5 Å². The molecule has 1 aliphatic carbocycles. The van der Waals surface area contributed by atoms with Crippen LogP contribution in [0.4, 0.5) is 0 Å². The van der Waals surface area contributed by atoms with Gasteiger partial charge in [-0.2, -0.15) is 5.10 Å². The Labute approximate surface area is 218 Å². The van der Waals surface area contributed by atoms with Gasteiger partial charge in [-0.05, 0) is 55.2 Å². The van der Waals surface area contributed by atoms with Gasteiger partial charge < -0.3 is 15.1 Å². The molecule has 9 heteroatoms. The summed E-state index contributed by atoms with van der Waals surface area (Å²) in [5, 5.41) is 9.40. The molecule has 3 aliphatic rings. The fourth-order valence-electron chi connectivity index (χ4n) is 5.11. The third-order valence-electron chi connectivity index (χ3n) is 7.11. The average molecular weight is 520 g/mol. The van der Waals surface area contributed by atoms with Crippen molar-refractivity contribution in [3.05, 3.63) is 34.9 Å². The van der Waals surface area contributed by atoms with E-state index in [1.54, 1.807) is 11.8 Å². The van der Waals surface area contributed by atoms with E-state index in [1.165, 1.54) is 5.56 Å². The molecule has 4 unspecified atom stereocenters. The first-order valence-corrected chi connectivity index (χ1v) is 14.2. The number of fused-ring (bicyclic) bond motifs is 3. The number of halogens is 1. The van der Waals surface area contributed by atoms with Gasteiger partial charge in [-0.1, -0.05) is 63.2 Å². The summed E-state index contributed by atoms with van der Waals surface area (Å²) in [6.07, 6.45) is 2.83. The molecule has 4 atom stereocenters. The summed E-state index contributed by atoms with van der Waals surface area (Å²) in [5.74, 6) is 1.82. The number of hydrogen-bond acceptors (Lipinski definition) is 6. The number of nitrogens with zero attached hydrogens (tertiary/aromatic N) is 3. The summed E-state index contributed by atoms with van der Waals surface area (Å²) in [6, 6.07) is 7.84. The Hall–Kier alpha value is -1.93. The zero-order chi connectivity index (χ0) is 25.1. The SMILES string of the molecule is CC(C)CCN1C(=O)C2CCC(C(=O)NCC(C)C)CC2N2C(SCc3ccc(Cl)cc3)=NNC12. The van der Waals surface area contributed by atoms with E-state index >= 15 is 0 Å². The average Bonchev–Trinajstić information content (AvgIpc) is 3.25. The Morgan fingerprint density at radius 1 is 1.20 bits per heavy atom. The number of carbonyl (C=O) groups excluding carboxylic acids is 2. The van der Waals surface area contributed by atoms with E-state index in [2.05, 4.69) is 48.4 Å². The summed E-state index contributed by atoms with van der Waals surface area (Å²) in [4.78, 5) is 30.8. The second kappa shape index (κ2) is 11.4. The standard InChI is InChI=1S/C26H38ClN5O2S/c1-16(2)11-12-31-24(34)21-10-7-19(23(33)28-14-17(3)4)13-22(21)32-25(31)29-30-26(32)35-15-18-5-8-20(27)9-6-18/h5-6,8-9,16-17,19,21-22,25,29H,7,10-15H2,1-4H3,(H,28,33). The van der Waals surface area contributed by atoms with E-state index in [9.17, 15) is 9.59 Å². The monoisotopic (exact) mass is 519 g/mol. The van der Waals surface area contributed by atoms with E-state index in [0.717, 1.165) is 35.2 Å². The van der Waals surface area contributed by atoms with Crippen LogP contribution in [0, 0.1) is 23.7 Å². The predicted octanol–water partition coefficient (Wildman–Crippen LogP) is 4.48. The molecule has 0 bridgehead atoms. The number of hydrazone groups is 1. The van der Waals surface area contributed by atoms with Crippen LogP contribution in [0.3, 0.4) is 0 Å². The van der Waals surface area contributed by atoms with Gasteiger partial charge in [0.1, 0.15) is 0 Å². The van der Waals surface area contributed by atoms with Gasteiger partial charge in [-0.3, -0.25) is 15.0 Å². The highest BCUT2D eigenvalue weighted by Gasteiger charge is 2.52. The lowest BCUT2D eigenvalue weighted by Gasteiger charge is -2.51. The zero-order valence-electron chi connectivity index (χ0n) is 21.2. The molecule has 0 radical (unpaired) electrons. The van der Waals surface area contributed by atoms with E-state index < -0.39 is 0 Å². The van der Waals surface area contributed by atoms with Crippen LogP contribution in [-0.4, -0.2) is 52.2 Å². The van der Waals surface area contributed by atoms with Crippen molar-refractivity contribution >= 4 is 40.3 Å². The fraction of sp³-hybridized carbons (Fsp3) is 0.654. The minimum atomic E-state index is -0.285. The Morgan fingerprint density at radius 3 is 2.63 bits per heavy atom. The van der Waals surface area contributed by atoms with E-state index in [1.807, 2.05) is 29.2 Å². The van der Waals surface area contributed by atoms with Crippen LogP contribution in [-0.2, 0) is 15.3 Å². The van der Waals surface area contributed by atoms with Crippen molar-refractivity contribution in [2.24, 2.45) is 28.8 Å². The van der Waals surface area contributed by atoms with E-state index in [-0.39, 0.29) is 36.0 Å². The molecule has 4 rings (SSSR count). The predicted molar refractivity (Wildman–Crippen MR) is 143 cm³/mol. The van der Waals surface area contributed by atoms with Crippen molar-refractivity contribution in [3.63, 3.8) is 0 Å². The number of hydrogen-bond donors (Lipinski definition) is 2. The fourth-order valence-corrected chi connectivity index (χ4v) is 6.22. The van der Waals surface area contributed by atoms with Gasteiger partial charge in [-0.15, -0.1) is 0 Å². The lowest BCUT2D eigenvalue weighted by molar-refractivity contribution is -0.158. The minimum absolute atomic E-state index is 0.0298. The van der Waals surface area contributed by atoms with Crippen LogP contribution < -0.4 is 10.7 Å². The van der Waals surface area contributed by atoms with Gasteiger partial charge in [-0.25, -0.2) is 0 Å².